The van der Waals surface area contributed by atoms with Gasteiger partial charge in [-0.1, -0.05) is 36.0 Å². The van der Waals surface area contributed by atoms with Gasteiger partial charge < -0.3 is 10.1 Å². The predicted octanol–water partition coefficient (Wildman–Crippen LogP) is 5.97. The molecule has 0 aromatic heterocycles. The number of alkyl halides is 2. The summed E-state index contributed by atoms with van der Waals surface area (Å²) in [7, 11) is 0. The van der Waals surface area contributed by atoms with Crippen LogP contribution in [0.5, 0.6) is 0 Å². The van der Waals surface area contributed by atoms with E-state index in [1.54, 1.807) is 72.8 Å². The molecule has 0 aliphatic carbocycles. The fourth-order valence-corrected chi connectivity index (χ4v) is 3.05. The molecule has 0 heterocycles. The number of nitriles is 1. The molecule has 0 spiro atoms. The minimum atomic E-state index is -2.47. The van der Waals surface area contributed by atoms with Gasteiger partial charge in [0, 0.05) is 10.6 Å². The van der Waals surface area contributed by atoms with Crippen LogP contribution in [0.2, 0.25) is 0 Å². The van der Waals surface area contributed by atoms with Gasteiger partial charge in [0.1, 0.15) is 6.61 Å². The molecule has 0 bridgehead atoms. The number of carbonyl (C=O) groups is 1. The summed E-state index contributed by atoms with van der Waals surface area (Å²) in [6.45, 7) is 0.0818. The van der Waals surface area contributed by atoms with Gasteiger partial charge in [-0.3, -0.25) is 0 Å². The lowest BCUT2D eigenvalue weighted by molar-refractivity contribution is 0.0474. The van der Waals surface area contributed by atoms with Gasteiger partial charge in [-0.25, -0.2) is 4.79 Å². The molecule has 3 aromatic rings. The lowest BCUT2D eigenvalue weighted by Crippen LogP contribution is -2.08. The molecule has 146 valence electrons. The van der Waals surface area contributed by atoms with E-state index in [9.17, 15) is 13.6 Å². The number of hydrogen-bond acceptors (Lipinski definition) is 5. The van der Waals surface area contributed by atoms with Gasteiger partial charge in [-0.05, 0) is 54.1 Å². The number of benzene rings is 3. The minimum Gasteiger partial charge on any atom is -0.457 e. The average Bonchev–Trinajstić information content (AvgIpc) is 2.74. The van der Waals surface area contributed by atoms with E-state index in [0.29, 0.717) is 39.2 Å². The van der Waals surface area contributed by atoms with Crippen LogP contribution in [-0.4, -0.2) is 11.7 Å². The summed E-state index contributed by atoms with van der Waals surface area (Å²) >= 11 is 0.475. The zero-order valence-electron chi connectivity index (χ0n) is 15.1. The summed E-state index contributed by atoms with van der Waals surface area (Å²) in [6.07, 6.45) is 0. The molecule has 0 aliphatic rings. The van der Waals surface area contributed by atoms with Gasteiger partial charge >= 0.3 is 5.97 Å². The van der Waals surface area contributed by atoms with Crippen molar-refractivity contribution < 1.29 is 18.3 Å². The number of nitrogens with one attached hydrogen (secondary N) is 1. The highest BCUT2D eigenvalue weighted by Gasteiger charge is 2.13. The van der Waals surface area contributed by atoms with Gasteiger partial charge in [0.25, 0.3) is 5.76 Å². The third-order valence-corrected chi connectivity index (χ3v) is 4.68. The molecule has 0 aliphatic heterocycles. The Bertz CT molecular complexity index is 1020. The molecule has 1 N–H and O–H groups in total. The van der Waals surface area contributed by atoms with Crippen molar-refractivity contribution in [3.05, 3.63) is 89.5 Å². The molecule has 0 saturated heterocycles. The Morgan fingerprint density at radius 3 is 2.38 bits per heavy atom. The van der Waals surface area contributed by atoms with Crippen LogP contribution in [0.15, 0.2) is 77.7 Å². The van der Waals surface area contributed by atoms with E-state index >= 15 is 0 Å². The fraction of sp³-hybridized carbons (Fsp3) is 0.0909. The van der Waals surface area contributed by atoms with Gasteiger partial charge in [0.2, 0.25) is 0 Å². The average molecular weight is 410 g/mol. The molecular weight excluding hydrogens is 394 g/mol. The van der Waals surface area contributed by atoms with Crippen molar-refractivity contribution in [2.75, 3.05) is 5.32 Å². The number of halogens is 2. The Kier molecular flexibility index (Phi) is 6.82. The fourth-order valence-electron chi connectivity index (χ4n) is 2.55. The third-order valence-electron chi connectivity index (χ3n) is 3.96. The molecule has 0 unspecified atom stereocenters. The Hall–Kier alpha value is -3.37. The maximum Gasteiger partial charge on any atom is 0.340 e. The van der Waals surface area contributed by atoms with Crippen LogP contribution in [0.1, 0.15) is 21.5 Å². The number of nitrogens with zero attached hydrogens (tertiary/aromatic N) is 1. The largest absolute Gasteiger partial charge is 0.457 e. The first-order chi connectivity index (χ1) is 14.0. The molecular formula is C22H16F2N2O2S. The SMILES string of the molecule is N#Cc1ccc(COC(=O)c2ccccc2Nc2ccc(SC(F)F)cc2)cc1. The van der Waals surface area contributed by atoms with Gasteiger partial charge in [0.05, 0.1) is 22.9 Å². The maximum atomic E-state index is 12.5. The predicted molar refractivity (Wildman–Crippen MR) is 108 cm³/mol. The van der Waals surface area contributed by atoms with E-state index in [2.05, 4.69) is 5.32 Å². The standard InChI is InChI=1S/C22H16F2N2O2S/c23-22(24)29-18-11-9-17(10-12-18)26-20-4-2-1-3-19(20)21(27)28-14-16-7-5-15(13-25)6-8-16/h1-12,22,26H,14H2. The van der Waals surface area contributed by atoms with Crippen molar-refractivity contribution in [3.63, 3.8) is 0 Å². The van der Waals surface area contributed by atoms with Crippen LogP contribution in [0, 0.1) is 11.3 Å². The van der Waals surface area contributed by atoms with Crippen molar-refractivity contribution in [1.29, 1.82) is 5.26 Å². The van der Waals surface area contributed by atoms with Gasteiger partial charge in [0.15, 0.2) is 0 Å². The van der Waals surface area contributed by atoms with Crippen molar-refractivity contribution in [2.45, 2.75) is 17.3 Å². The molecule has 29 heavy (non-hydrogen) atoms. The van der Waals surface area contributed by atoms with Crippen LogP contribution < -0.4 is 5.32 Å². The zero-order chi connectivity index (χ0) is 20.6. The molecule has 0 amide bonds. The Morgan fingerprint density at radius 1 is 1.03 bits per heavy atom. The Morgan fingerprint density at radius 2 is 1.72 bits per heavy atom. The van der Waals surface area contributed by atoms with E-state index in [0.717, 1.165) is 5.56 Å². The number of ether oxygens (including phenoxy) is 1. The third kappa shape index (κ3) is 5.80. The second kappa shape index (κ2) is 9.71. The number of esters is 1. The number of thioether (sulfide) groups is 1. The number of para-hydroxylation sites is 1. The quantitative estimate of drug-likeness (QED) is 0.384. The summed E-state index contributed by atoms with van der Waals surface area (Å²) in [5.74, 6) is -2.97. The number of anilines is 2. The number of rotatable bonds is 7. The van der Waals surface area contributed by atoms with Crippen molar-refractivity contribution in [2.24, 2.45) is 0 Å². The number of hydrogen-bond donors (Lipinski definition) is 1. The first-order valence-corrected chi connectivity index (χ1v) is 9.50. The second-order valence-corrected chi connectivity index (χ2v) is 7.02. The summed E-state index contributed by atoms with van der Waals surface area (Å²) in [5, 5.41) is 11.9. The van der Waals surface area contributed by atoms with E-state index in [4.69, 9.17) is 10.00 Å². The Labute approximate surface area is 171 Å². The first-order valence-electron chi connectivity index (χ1n) is 8.62. The second-order valence-electron chi connectivity index (χ2n) is 5.96. The summed E-state index contributed by atoms with van der Waals surface area (Å²) < 4.78 is 30.2. The highest BCUT2D eigenvalue weighted by atomic mass is 32.2. The molecule has 0 saturated carbocycles. The maximum absolute atomic E-state index is 12.5. The smallest absolute Gasteiger partial charge is 0.340 e. The molecule has 0 fully saturated rings. The van der Waals surface area contributed by atoms with Crippen molar-refractivity contribution in [3.8, 4) is 6.07 Å². The molecule has 7 heteroatoms. The zero-order valence-corrected chi connectivity index (χ0v) is 16.0. The highest BCUT2D eigenvalue weighted by molar-refractivity contribution is 7.99. The normalized spacial score (nSPS) is 10.4. The molecule has 0 atom stereocenters. The van der Waals surface area contributed by atoms with Crippen molar-refractivity contribution >= 4 is 29.1 Å². The first kappa shape index (κ1) is 20.4. The van der Waals surface area contributed by atoms with Gasteiger partial charge in [-0.15, -0.1) is 0 Å². The lowest BCUT2D eigenvalue weighted by Gasteiger charge is -2.12. The molecule has 3 aromatic carbocycles. The molecule has 0 radical (unpaired) electrons. The van der Waals surface area contributed by atoms with Crippen LogP contribution >= 0.6 is 11.8 Å². The monoisotopic (exact) mass is 410 g/mol. The Balaban J connectivity index is 1.67. The summed E-state index contributed by atoms with van der Waals surface area (Å²) in [6, 6.07) is 22.2. The van der Waals surface area contributed by atoms with Gasteiger partial charge in [-0.2, -0.15) is 14.0 Å². The number of carbonyl (C=O) groups excluding carboxylic acids is 1. The lowest BCUT2D eigenvalue weighted by atomic mass is 10.1. The van der Waals surface area contributed by atoms with Crippen LogP contribution in [0.25, 0.3) is 0 Å². The molecule has 4 nitrogen and oxygen atoms in total. The summed E-state index contributed by atoms with van der Waals surface area (Å²) in [5.41, 5.74) is 2.87. The van der Waals surface area contributed by atoms with Crippen LogP contribution in [0.3, 0.4) is 0 Å². The molecule has 3 rings (SSSR count). The minimum absolute atomic E-state index is 0.0818. The van der Waals surface area contributed by atoms with E-state index in [1.165, 1.54) is 0 Å². The highest BCUT2D eigenvalue weighted by Crippen LogP contribution is 2.28. The topological polar surface area (TPSA) is 62.1 Å². The van der Waals surface area contributed by atoms with E-state index in [1.807, 2.05) is 6.07 Å². The van der Waals surface area contributed by atoms with E-state index in [-0.39, 0.29) is 6.61 Å². The summed E-state index contributed by atoms with van der Waals surface area (Å²) in [4.78, 5) is 13.0. The van der Waals surface area contributed by atoms with Crippen LogP contribution in [0.4, 0.5) is 20.2 Å². The van der Waals surface area contributed by atoms with E-state index < -0.39 is 11.7 Å². The van der Waals surface area contributed by atoms with Crippen LogP contribution in [-0.2, 0) is 11.3 Å². The van der Waals surface area contributed by atoms with Crippen molar-refractivity contribution in [1.82, 2.24) is 0 Å².